The highest BCUT2D eigenvalue weighted by atomic mass is 35.5. The SMILES string of the molecule is COc1ccc(Cl)c(NC(C(=O)O)C2CC2)c1. The van der Waals surface area contributed by atoms with Crippen molar-refractivity contribution >= 4 is 23.3 Å². The van der Waals surface area contributed by atoms with Gasteiger partial charge in [-0.25, -0.2) is 4.79 Å². The van der Waals surface area contributed by atoms with Gasteiger partial charge in [-0.1, -0.05) is 11.6 Å². The predicted octanol–water partition coefficient (Wildman–Crippen LogP) is 2.62. The molecule has 1 fully saturated rings. The Kier molecular flexibility index (Phi) is 3.43. The average molecular weight is 256 g/mol. The van der Waals surface area contributed by atoms with Gasteiger partial charge in [0.25, 0.3) is 0 Å². The predicted molar refractivity (Wildman–Crippen MR) is 65.8 cm³/mol. The molecule has 0 saturated heterocycles. The molecule has 1 atom stereocenters. The molecule has 0 heterocycles. The third-order valence-corrected chi connectivity index (χ3v) is 3.17. The topological polar surface area (TPSA) is 58.6 Å². The molecule has 0 spiro atoms. The van der Waals surface area contributed by atoms with Crippen molar-refractivity contribution in [1.82, 2.24) is 0 Å². The summed E-state index contributed by atoms with van der Waals surface area (Å²) in [6, 6.07) is 4.56. The maximum Gasteiger partial charge on any atom is 0.326 e. The summed E-state index contributed by atoms with van der Waals surface area (Å²) in [7, 11) is 1.56. The summed E-state index contributed by atoms with van der Waals surface area (Å²) in [5, 5.41) is 12.6. The number of carbonyl (C=O) groups is 1. The minimum Gasteiger partial charge on any atom is -0.497 e. The molecule has 92 valence electrons. The van der Waals surface area contributed by atoms with E-state index in [0.29, 0.717) is 16.5 Å². The highest BCUT2D eigenvalue weighted by Crippen LogP contribution is 2.36. The highest BCUT2D eigenvalue weighted by molar-refractivity contribution is 6.33. The molecule has 1 aromatic rings. The number of benzene rings is 1. The summed E-state index contributed by atoms with van der Waals surface area (Å²) in [6.45, 7) is 0. The average Bonchev–Trinajstić information content (AvgIpc) is 3.11. The fourth-order valence-corrected chi connectivity index (χ4v) is 1.89. The van der Waals surface area contributed by atoms with E-state index in [2.05, 4.69) is 5.32 Å². The first kappa shape index (κ1) is 12.0. The van der Waals surface area contributed by atoms with Crippen molar-refractivity contribution in [1.29, 1.82) is 0 Å². The van der Waals surface area contributed by atoms with Gasteiger partial charge >= 0.3 is 5.97 Å². The van der Waals surface area contributed by atoms with E-state index >= 15 is 0 Å². The molecule has 1 aliphatic rings. The van der Waals surface area contributed by atoms with Crippen LogP contribution < -0.4 is 10.1 Å². The van der Waals surface area contributed by atoms with Crippen LogP contribution in [0.4, 0.5) is 5.69 Å². The van der Waals surface area contributed by atoms with Crippen LogP contribution in [0.25, 0.3) is 0 Å². The second-order valence-electron chi connectivity index (χ2n) is 4.14. The van der Waals surface area contributed by atoms with E-state index in [1.165, 1.54) is 0 Å². The summed E-state index contributed by atoms with van der Waals surface area (Å²) < 4.78 is 5.08. The van der Waals surface area contributed by atoms with Gasteiger partial charge in [-0.3, -0.25) is 0 Å². The molecule has 0 aliphatic heterocycles. The zero-order valence-electron chi connectivity index (χ0n) is 9.44. The van der Waals surface area contributed by atoms with Crippen molar-refractivity contribution in [2.24, 2.45) is 5.92 Å². The molecule has 2 N–H and O–H groups in total. The summed E-state index contributed by atoms with van der Waals surface area (Å²) in [5.41, 5.74) is 0.602. The van der Waals surface area contributed by atoms with Crippen LogP contribution in [0.5, 0.6) is 5.75 Å². The Bertz CT molecular complexity index is 432. The smallest absolute Gasteiger partial charge is 0.326 e. The Balaban J connectivity index is 2.18. The van der Waals surface area contributed by atoms with Crippen LogP contribution in [-0.2, 0) is 4.79 Å². The lowest BCUT2D eigenvalue weighted by Crippen LogP contribution is -2.31. The monoisotopic (exact) mass is 255 g/mol. The first-order valence-corrected chi connectivity index (χ1v) is 5.82. The number of carboxylic acids is 1. The van der Waals surface area contributed by atoms with Crippen molar-refractivity contribution in [3.05, 3.63) is 23.2 Å². The number of nitrogens with one attached hydrogen (secondary N) is 1. The van der Waals surface area contributed by atoms with Gasteiger partial charge in [0.15, 0.2) is 0 Å². The van der Waals surface area contributed by atoms with Gasteiger partial charge in [0.1, 0.15) is 11.8 Å². The van der Waals surface area contributed by atoms with Crippen LogP contribution in [0, 0.1) is 5.92 Å². The van der Waals surface area contributed by atoms with Gasteiger partial charge in [-0.15, -0.1) is 0 Å². The lowest BCUT2D eigenvalue weighted by Gasteiger charge is -2.16. The third kappa shape index (κ3) is 2.82. The fraction of sp³-hybridized carbons (Fsp3) is 0.417. The molecule has 1 saturated carbocycles. The molecule has 1 aliphatic carbocycles. The van der Waals surface area contributed by atoms with Crippen molar-refractivity contribution in [2.45, 2.75) is 18.9 Å². The standard InChI is InChI=1S/C12H14ClNO3/c1-17-8-4-5-9(13)10(6-8)14-11(12(15)16)7-2-3-7/h4-7,11,14H,2-3H2,1H3,(H,15,16). The summed E-state index contributed by atoms with van der Waals surface area (Å²) in [4.78, 5) is 11.1. The van der Waals surface area contributed by atoms with Gasteiger partial charge in [-0.2, -0.15) is 0 Å². The number of aliphatic carboxylic acids is 1. The summed E-state index contributed by atoms with van der Waals surface area (Å²) in [6.07, 6.45) is 1.90. The number of hydrogen-bond acceptors (Lipinski definition) is 3. The first-order chi connectivity index (χ1) is 8.11. The molecule has 4 nitrogen and oxygen atoms in total. The number of rotatable bonds is 5. The molecule has 0 radical (unpaired) electrons. The number of anilines is 1. The quantitative estimate of drug-likeness (QED) is 0.849. The van der Waals surface area contributed by atoms with Gasteiger partial charge in [-0.05, 0) is 30.9 Å². The van der Waals surface area contributed by atoms with Crippen LogP contribution in [0.2, 0.25) is 5.02 Å². The van der Waals surface area contributed by atoms with Gasteiger partial charge < -0.3 is 15.2 Å². The van der Waals surface area contributed by atoms with E-state index < -0.39 is 12.0 Å². The Hall–Kier alpha value is -1.42. The lowest BCUT2D eigenvalue weighted by molar-refractivity contribution is -0.138. The van der Waals surface area contributed by atoms with Crippen molar-refractivity contribution in [3.63, 3.8) is 0 Å². The molecule has 1 aromatic carbocycles. The van der Waals surface area contributed by atoms with E-state index in [0.717, 1.165) is 12.8 Å². The Morgan fingerprint density at radius 2 is 2.29 bits per heavy atom. The molecular formula is C12H14ClNO3. The largest absolute Gasteiger partial charge is 0.497 e. The van der Waals surface area contributed by atoms with Crippen LogP contribution in [-0.4, -0.2) is 24.2 Å². The molecule has 0 amide bonds. The number of carboxylic acid groups (broad SMARTS) is 1. The van der Waals surface area contributed by atoms with Crippen LogP contribution >= 0.6 is 11.6 Å². The third-order valence-electron chi connectivity index (χ3n) is 2.84. The molecule has 17 heavy (non-hydrogen) atoms. The Morgan fingerprint density at radius 1 is 1.59 bits per heavy atom. The number of hydrogen-bond donors (Lipinski definition) is 2. The maximum absolute atomic E-state index is 11.1. The Morgan fingerprint density at radius 3 is 2.82 bits per heavy atom. The van der Waals surface area contributed by atoms with E-state index in [9.17, 15) is 4.79 Å². The van der Waals surface area contributed by atoms with E-state index in [4.69, 9.17) is 21.4 Å². The Labute approximate surface area is 105 Å². The molecule has 0 aromatic heterocycles. The van der Waals surface area contributed by atoms with Crippen molar-refractivity contribution < 1.29 is 14.6 Å². The first-order valence-electron chi connectivity index (χ1n) is 5.44. The molecule has 2 rings (SSSR count). The zero-order valence-corrected chi connectivity index (χ0v) is 10.2. The number of methoxy groups -OCH3 is 1. The second kappa shape index (κ2) is 4.84. The number of halogens is 1. The normalized spacial score (nSPS) is 16.4. The zero-order chi connectivity index (χ0) is 12.4. The van der Waals surface area contributed by atoms with E-state index in [1.807, 2.05) is 0 Å². The summed E-state index contributed by atoms with van der Waals surface area (Å²) >= 11 is 6.02. The highest BCUT2D eigenvalue weighted by Gasteiger charge is 2.36. The van der Waals surface area contributed by atoms with Crippen LogP contribution in [0.3, 0.4) is 0 Å². The van der Waals surface area contributed by atoms with Crippen LogP contribution in [0.15, 0.2) is 18.2 Å². The number of ether oxygens (including phenoxy) is 1. The summed E-state index contributed by atoms with van der Waals surface area (Å²) in [5.74, 6) is 0.0120. The van der Waals surface area contributed by atoms with Crippen molar-refractivity contribution in [2.75, 3.05) is 12.4 Å². The van der Waals surface area contributed by atoms with Crippen LogP contribution in [0.1, 0.15) is 12.8 Å². The maximum atomic E-state index is 11.1. The minimum absolute atomic E-state index is 0.203. The van der Waals surface area contributed by atoms with E-state index in [-0.39, 0.29) is 5.92 Å². The molecule has 5 heteroatoms. The molecule has 1 unspecified atom stereocenters. The molecular weight excluding hydrogens is 242 g/mol. The van der Waals surface area contributed by atoms with Gasteiger partial charge in [0.05, 0.1) is 17.8 Å². The fourth-order valence-electron chi connectivity index (χ4n) is 1.72. The van der Waals surface area contributed by atoms with Gasteiger partial charge in [0, 0.05) is 6.07 Å². The van der Waals surface area contributed by atoms with Crippen molar-refractivity contribution in [3.8, 4) is 5.75 Å². The lowest BCUT2D eigenvalue weighted by atomic mass is 10.1. The molecule has 0 bridgehead atoms. The van der Waals surface area contributed by atoms with Gasteiger partial charge in [0.2, 0.25) is 0 Å². The second-order valence-corrected chi connectivity index (χ2v) is 4.55. The minimum atomic E-state index is -0.841. The van der Waals surface area contributed by atoms with E-state index in [1.54, 1.807) is 25.3 Å².